The molecule has 0 atom stereocenters. The van der Waals surface area contributed by atoms with Crippen LogP contribution in [-0.4, -0.2) is 47.7 Å². The number of benzene rings is 1. The third-order valence-electron chi connectivity index (χ3n) is 3.57. The number of nitro groups is 1. The molecule has 7 heteroatoms. The highest BCUT2D eigenvalue weighted by atomic mass is 16.6. The molecule has 1 fully saturated rings. The van der Waals surface area contributed by atoms with Gasteiger partial charge in [-0.25, -0.2) is 4.79 Å². The Morgan fingerprint density at radius 3 is 2.20 bits per heavy atom. The zero-order chi connectivity index (χ0) is 19.0. The van der Waals surface area contributed by atoms with E-state index in [1.807, 2.05) is 34.6 Å². The van der Waals surface area contributed by atoms with Crippen LogP contribution in [0.15, 0.2) is 24.3 Å². The van der Waals surface area contributed by atoms with Crippen LogP contribution in [0.5, 0.6) is 0 Å². The minimum atomic E-state index is -0.499. The number of non-ortho nitro benzene ring substituents is 1. The van der Waals surface area contributed by atoms with Crippen LogP contribution in [-0.2, 0) is 4.74 Å². The van der Waals surface area contributed by atoms with Crippen molar-refractivity contribution in [1.82, 2.24) is 4.90 Å². The molecule has 1 heterocycles. The molecule has 1 amide bonds. The van der Waals surface area contributed by atoms with Gasteiger partial charge < -0.3 is 14.5 Å². The molecule has 1 aliphatic heterocycles. The molecule has 0 aliphatic carbocycles. The van der Waals surface area contributed by atoms with Crippen molar-refractivity contribution in [3.63, 3.8) is 0 Å². The average Bonchev–Trinajstić information content (AvgIpc) is 2.81. The first-order chi connectivity index (χ1) is 11.8. The quantitative estimate of drug-likeness (QED) is 0.593. The van der Waals surface area contributed by atoms with Crippen LogP contribution >= 0.6 is 0 Å². The Morgan fingerprint density at radius 2 is 1.68 bits per heavy atom. The molecule has 2 rings (SSSR count). The van der Waals surface area contributed by atoms with Gasteiger partial charge in [0.2, 0.25) is 0 Å². The number of nitrogens with zero attached hydrogens (tertiary/aromatic N) is 3. The maximum absolute atomic E-state index is 12.1. The minimum absolute atomic E-state index is 0.0824. The Bertz CT molecular complexity index is 567. The number of carbonyl (C=O) groups is 1. The molecule has 0 saturated carbocycles. The number of anilines is 1. The lowest BCUT2D eigenvalue weighted by Gasteiger charge is -2.26. The number of rotatable bonds is 2. The van der Waals surface area contributed by atoms with E-state index in [9.17, 15) is 14.9 Å². The first-order valence-electron chi connectivity index (χ1n) is 8.73. The predicted octanol–water partition coefficient (Wildman–Crippen LogP) is 4.07. The number of hydrogen-bond donors (Lipinski definition) is 0. The largest absolute Gasteiger partial charge is 0.444 e. The van der Waals surface area contributed by atoms with Crippen LogP contribution in [0.2, 0.25) is 0 Å². The van der Waals surface area contributed by atoms with Gasteiger partial charge in [0, 0.05) is 44.0 Å². The van der Waals surface area contributed by atoms with E-state index < -0.39 is 10.5 Å². The highest BCUT2D eigenvalue weighted by Crippen LogP contribution is 2.21. The van der Waals surface area contributed by atoms with E-state index in [0.29, 0.717) is 19.6 Å². The molecule has 0 spiro atoms. The van der Waals surface area contributed by atoms with Gasteiger partial charge in [-0.3, -0.25) is 10.1 Å². The van der Waals surface area contributed by atoms with Gasteiger partial charge in [-0.05, 0) is 39.3 Å². The van der Waals surface area contributed by atoms with Crippen LogP contribution in [0.4, 0.5) is 16.2 Å². The minimum Gasteiger partial charge on any atom is -0.444 e. The molecule has 140 valence electrons. The molecule has 0 bridgehead atoms. The van der Waals surface area contributed by atoms with E-state index in [4.69, 9.17) is 4.74 Å². The molecule has 1 aliphatic rings. The maximum Gasteiger partial charge on any atom is 0.410 e. The zero-order valence-corrected chi connectivity index (χ0v) is 15.8. The van der Waals surface area contributed by atoms with E-state index in [1.54, 1.807) is 17.0 Å². The second kappa shape index (κ2) is 9.25. The molecule has 0 radical (unpaired) electrons. The maximum atomic E-state index is 12.1. The fourth-order valence-corrected chi connectivity index (χ4v) is 2.47. The third kappa shape index (κ3) is 6.60. The Labute approximate surface area is 149 Å². The van der Waals surface area contributed by atoms with Gasteiger partial charge in [0.15, 0.2) is 0 Å². The first-order valence-corrected chi connectivity index (χ1v) is 8.73. The van der Waals surface area contributed by atoms with Gasteiger partial charge in [-0.15, -0.1) is 0 Å². The monoisotopic (exact) mass is 351 g/mol. The Hall–Kier alpha value is -2.31. The van der Waals surface area contributed by atoms with Gasteiger partial charge >= 0.3 is 6.09 Å². The van der Waals surface area contributed by atoms with Crippen molar-refractivity contribution >= 4 is 17.5 Å². The number of hydrogen-bond acceptors (Lipinski definition) is 5. The van der Waals surface area contributed by atoms with Crippen molar-refractivity contribution in [3.8, 4) is 0 Å². The molecule has 0 aromatic heterocycles. The van der Waals surface area contributed by atoms with Gasteiger partial charge in [0.25, 0.3) is 5.69 Å². The Balaban J connectivity index is 0.00000151. The molecule has 1 saturated heterocycles. The normalized spacial score (nSPS) is 14.9. The summed E-state index contributed by atoms with van der Waals surface area (Å²) in [5.74, 6) is 0. The summed E-state index contributed by atoms with van der Waals surface area (Å²) in [6, 6.07) is 6.51. The summed E-state index contributed by atoms with van der Waals surface area (Å²) in [6.07, 6.45) is 0.541. The third-order valence-corrected chi connectivity index (χ3v) is 3.57. The molecule has 0 unspecified atom stereocenters. The van der Waals surface area contributed by atoms with E-state index in [1.165, 1.54) is 12.1 Å². The standard InChI is InChI=1S/C16H23N3O4.C2H6/c1-16(2,3)23-15(20)18-10-4-9-17(11-12-18)13-5-7-14(8-6-13)19(21)22;1-2/h5-8H,4,9-12H2,1-3H3;1-2H3. The van der Waals surface area contributed by atoms with Gasteiger partial charge in [-0.2, -0.15) is 0 Å². The second-order valence-electron chi connectivity index (χ2n) is 6.58. The summed E-state index contributed by atoms with van der Waals surface area (Å²) in [4.78, 5) is 26.3. The van der Waals surface area contributed by atoms with Gasteiger partial charge in [-0.1, -0.05) is 13.8 Å². The molecule has 1 aromatic rings. The lowest BCUT2D eigenvalue weighted by atomic mass is 10.2. The lowest BCUT2D eigenvalue weighted by molar-refractivity contribution is -0.384. The van der Waals surface area contributed by atoms with E-state index in [2.05, 4.69) is 4.90 Å². The average molecular weight is 351 g/mol. The molecule has 0 N–H and O–H groups in total. The van der Waals surface area contributed by atoms with Crippen LogP contribution in [0.1, 0.15) is 41.0 Å². The van der Waals surface area contributed by atoms with Crippen LogP contribution in [0.25, 0.3) is 0 Å². The summed E-state index contributed by atoms with van der Waals surface area (Å²) in [6.45, 7) is 12.3. The first kappa shape index (κ1) is 20.7. The number of amides is 1. The predicted molar refractivity (Wildman–Crippen MR) is 99.1 cm³/mol. The summed E-state index contributed by atoms with van der Waals surface area (Å²) >= 11 is 0. The fraction of sp³-hybridized carbons (Fsp3) is 0.611. The summed E-state index contributed by atoms with van der Waals surface area (Å²) in [5.41, 5.74) is 0.516. The topological polar surface area (TPSA) is 75.9 Å². The van der Waals surface area contributed by atoms with E-state index in [0.717, 1.165) is 18.7 Å². The second-order valence-corrected chi connectivity index (χ2v) is 6.58. The summed E-state index contributed by atoms with van der Waals surface area (Å²) in [7, 11) is 0. The number of ether oxygens (including phenoxy) is 1. The van der Waals surface area contributed by atoms with Gasteiger partial charge in [0.1, 0.15) is 5.60 Å². The van der Waals surface area contributed by atoms with Crippen molar-refractivity contribution in [2.75, 3.05) is 31.1 Å². The van der Waals surface area contributed by atoms with Crippen LogP contribution < -0.4 is 4.90 Å². The van der Waals surface area contributed by atoms with Crippen molar-refractivity contribution in [2.45, 2.75) is 46.6 Å². The molecule has 7 nitrogen and oxygen atoms in total. The van der Waals surface area contributed by atoms with Crippen molar-refractivity contribution in [1.29, 1.82) is 0 Å². The fourth-order valence-electron chi connectivity index (χ4n) is 2.47. The Morgan fingerprint density at radius 1 is 1.08 bits per heavy atom. The number of nitro benzene ring substituents is 1. The summed E-state index contributed by atoms with van der Waals surface area (Å²) < 4.78 is 5.41. The van der Waals surface area contributed by atoms with Gasteiger partial charge in [0.05, 0.1) is 4.92 Å². The molecular weight excluding hydrogens is 322 g/mol. The van der Waals surface area contributed by atoms with Crippen LogP contribution in [0, 0.1) is 10.1 Å². The summed E-state index contributed by atoms with van der Waals surface area (Å²) in [5, 5.41) is 10.7. The van der Waals surface area contributed by atoms with Crippen LogP contribution in [0.3, 0.4) is 0 Å². The van der Waals surface area contributed by atoms with E-state index in [-0.39, 0.29) is 11.8 Å². The number of carbonyl (C=O) groups excluding carboxylic acids is 1. The van der Waals surface area contributed by atoms with Crippen molar-refractivity contribution < 1.29 is 14.5 Å². The molecular formula is C18H29N3O4. The Kier molecular flexibility index (Phi) is 7.67. The highest BCUT2D eigenvalue weighted by molar-refractivity contribution is 5.68. The smallest absolute Gasteiger partial charge is 0.410 e. The highest BCUT2D eigenvalue weighted by Gasteiger charge is 2.24. The molecule has 25 heavy (non-hydrogen) atoms. The zero-order valence-electron chi connectivity index (χ0n) is 15.8. The van der Waals surface area contributed by atoms with E-state index >= 15 is 0 Å². The molecule has 1 aromatic carbocycles. The lowest BCUT2D eigenvalue weighted by Crippen LogP contribution is -2.39. The van der Waals surface area contributed by atoms with Crippen molar-refractivity contribution in [3.05, 3.63) is 34.4 Å². The van der Waals surface area contributed by atoms with Crippen molar-refractivity contribution in [2.24, 2.45) is 0 Å². The SMILES string of the molecule is CC.CC(C)(C)OC(=O)N1CCCN(c2ccc([N+](=O)[O-])cc2)CC1.